The summed E-state index contributed by atoms with van der Waals surface area (Å²) < 4.78 is 0. The predicted molar refractivity (Wildman–Crippen MR) is 182 cm³/mol. The third-order valence-corrected chi connectivity index (χ3v) is 9.16. The SMILES string of the molecule is CCCCCCCCCN(CCCCCCCCC)C(C)C(=O)c1cc(C)c2ccc3cc(C(C)C)ccc3c2c1. The highest BCUT2D eigenvalue weighted by Crippen LogP contribution is 2.31. The number of benzene rings is 3. The second-order valence-corrected chi connectivity index (χ2v) is 12.9. The second-order valence-electron chi connectivity index (χ2n) is 12.9. The summed E-state index contributed by atoms with van der Waals surface area (Å²) in [6.45, 7) is 15.4. The van der Waals surface area contributed by atoms with Gasteiger partial charge in [-0.3, -0.25) is 9.69 Å². The molecule has 0 amide bonds. The van der Waals surface area contributed by atoms with Gasteiger partial charge in [-0.1, -0.05) is 135 Å². The van der Waals surface area contributed by atoms with Gasteiger partial charge in [0, 0.05) is 5.56 Å². The molecule has 3 aromatic carbocycles. The van der Waals surface area contributed by atoms with E-state index in [0.29, 0.717) is 5.92 Å². The van der Waals surface area contributed by atoms with E-state index in [1.165, 1.54) is 123 Å². The number of hydrogen-bond acceptors (Lipinski definition) is 2. The maximum absolute atomic E-state index is 14.0. The Balaban J connectivity index is 1.75. The largest absolute Gasteiger partial charge is 0.294 e. The minimum Gasteiger partial charge on any atom is -0.294 e. The molecule has 1 atom stereocenters. The molecule has 2 heteroatoms. The van der Waals surface area contributed by atoms with Crippen molar-refractivity contribution >= 4 is 27.3 Å². The fraction of sp³-hybridized carbons (Fsp3) is 0.615. The van der Waals surface area contributed by atoms with Gasteiger partial charge in [0.2, 0.25) is 0 Å². The van der Waals surface area contributed by atoms with Crippen LogP contribution in [0.15, 0.2) is 42.5 Å². The van der Waals surface area contributed by atoms with Gasteiger partial charge in [0.25, 0.3) is 0 Å². The van der Waals surface area contributed by atoms with Crippen LogP contribution in [0.4, 0.5) is 0 Å². The van der Waals surface area contributed by atoms with Crippen LogP contribution >= 0.6 is 0 Å². The minimum atomic E-state index is -0.0884. The first kappa shape index (κ1) is 33.3. The normalized spacial score (nSPS) is 12.7. The third kappa shape index (κ3) is 9.95. The number of carbonyl (C=O) groups is 1. The van der Waals surface area contributed by atoms with Crippen molar-refractivity contribution in [1.82, 2.24) is 4.90 Å². The van der Waals surface area contributed by atoms with E-state index < -0.39 is 0 Å². The molecule has 0 saturated heterocycles. The van der Waals surface area contributed by atoms with Crippen LogP contribution in [0.5, 0.6) is 0 Å². The second kappa shape index (κ2) is 17.7. The molecule has 0 radical (unpaired) electrons. The monoisotopic (exact) mass is 557 g/mol. The minimum absolute atomic E-state index is 0.0884. The number of hydrogen-bond donors (Lipinski definition) is 0. The first-order valence-corrected chi connectivity index (χ1v) is 17.1. The number of nitrogens with zero attached hydrogens (tertiary/aromatic N) is 1. The number of Topliss-reactive ketones (excluding diaryl/α,β-unsaturated/α-hetero) is 1. The van der Waals surface area contributed by atoms with Crippen molar-refractivity contribution in [2.24, 2.45) is 0 Å². The van der Waals surface area contributed by atoms with Gasteiger partial charge in [-0.2, -0.15) is 0 Å². The lowest BCUT2D eigenvalue weighted by Gasteiger charge is -2.28. The lowest BCUT2D eigenvalue weighted by Crippen LogP contribution is -2.40. The zero-order chi connectivity index (χ0) is 29.6. The molecule has 226 valence electrons. The molecule has 3 rings (SSSR count). The van der Waals surface area contributed by atoms with Gasteiger partial charge in [0.1, 0.15) is 0 Å². The summed E-state index contributed by atoms with van der Waals surface area (Å²) in [6, 6.07) is 15.5. The lowest BCUT2D eigenvalue weighted by molar-refractivity contribution is 0.0832. The molecule has 0 aliphatic rings. The van der Waals surface area contributed by atoms with Gasteiger partial charge in [-0.15, -0.1) is 0 Å². The van der Waals surface area contributed by atoms with E-state index in [-0.39, 0.29) is 11.8 Å². The quantitative estimate of drug-likeness (QED) is 0.0782. The molecule has 0 bridgehead atoms. The Morgan fingerprint density at radius 2 is 1.17 bits per heavy atom. The smallest absolute Gasteiger partial charge is 0.179 e. The molecule has 0 spiro atoms. The molecule has 0 aliphatic heterocycles. The fourth-order valence-electron chi connectivity index (χ4n) is 6.33. The van der Waals surface area contributed by atoms with Crippen molar-refractivity contribution in [3.63, 3.8) is 0 Å². The molecule has 0 aliphatic carbocycles. The van der Waals surface area contributed by atoms with E-state index in [4.69, 9.17) is 0 Å². The van der Waals surface area contributed by atoms with Gasteiger partial charge in [0.15, 0.2) is 5.78 Å². The van der Waals surface area contributed by atoms with Crippen LogP contribution in [0.3, 0.4) is 0 Å². The number of aryl methyl sites for hydroxylation is 1. The summed E-state index contributed by atoms with van der Waals surface area (Å²) in [5, 5.41) is 4.97. The molecule has 2 nitrogen and oxygen atoms in total. The molecule has 1 unspecified atom stereocenters. The maximum Gasteiger partial charge on any atom is 0.179 e. The van der Waals surface area contributed by atoms with Crippen LogP contribution < -0.4 is 0 Å². The standard InChI is InChI=1S/C39H59NO/c1-7-9-11-13-15-17-19-25-40(26-20-18-16-14-12-10-8-2)32(6)39(41)35-27-31(5)36-23-22-34-28-33(30(3)4)21-24-37(34)38(36)29-35/h21-24,27-30,32H,7-20,25-26H2,1-6H3. The summed E-state index contributed by atoms with van der Waals surface area (Å²) >= 11 is 0. The van der Waals surface area contributed by atoms with Crippen LogP contribution in [0.1, 0.15) is 152 Å². The topological polar surface area (TPSA) is 20.3 Å². The van der Waals surface area contributed by atoms with Crippen LogP contribution in [0, 0.1) is 6.92 Å². The number of carbonyl (C=O) groups excluding carboxylic acids is 1. The Labute approximate surface area is 252 Å². The van der Waals surface area contributed by atoms with Crippen molar-refractivity contribution in [2.75, 3.05) is 13.1 Å². The Hall–Kier alpha value is -2.19. The summed E-state index contributed by atoms with van der Waals surface area (Å²) in [6.07, 6.45) is 18.3. The molecule has 41 heavy (non-hydrogen) atoms. The molecular weight excluding hydrogens is 498 g/mol. The van der Waals surface area contributed by atoms with Gasteiger partial charge >= 0.3 is 0 Å². The molecule has 0 saturated carbocycles. The predicted octanol–water partition coefficient (Wildman–Crippen LogP) is 11.8. The van der Waals surface area contributed by atoms with Crippen LogP contribution in [0.2, 0.25) is 0 Å². The van der Waals surface area contributed by atoms with Crippen LogP contribution in [-0.4, -0.2) is 29.8 Å². The molecule has 0 N–H and O–H groups in total. The molecule has 3 aromatic rings. The molecule has 0 aromatic heterocycles. The van der Waals surface area contributed by atoms with E-state index in [0.717, 1.165) is 18.7 Å². The molecule has 0 fully saturated rings. The van der Waals surface area contributed by atoms with Gasteiger partial charge in [-0.05, 0) is 90.5 Å². The lowest BCUT2D eigenvalue weighted by atomic mass is 9.92. The first-order valence-electron chi connectivity index (χ1n) is 17.1. The van der Waals surface area contributed by atoms with E-state index in [1.54, 1.807) is 0 Å². The zero-order valence-corrected chi connectivity index (χ0v) is 27.4. The van der Waals surface area contributed by atoms with Gasteiger partial charge in [-0.25, -0.2) is 0 Å². The number of unbranched alkanes of at least 4 members (excludes halogenated alkanes) is 12. The van der Waals surface area contributed by atoms with E-state index in [9.17, 15) is 4.79 Å². The first-order chi connectivity index (χ1) is 19.9. The maximum atomic E-state index is 14.0. The van der Waals surface area contributed by atoms with Gasteiger partial charge in [0.05, 0.1) is 6.04 Å². The average Bonchev–Trinajstić information content (AvgIpc) is 2.97. The Bertz CT molecular complexity index is 1190. The Morgan fingerprint density at radius 3 is 1.73 bits per heavy atom. The van der Waals surface area contributed by atoms with Crippen LogP contribution in [0.25, 0.3) is 21.5 Å². The molecule has 0 heterocycles. The highest BCUT2D eigenvalue weighted by Gasteiger charge is 2.23. The highest BCUT2D eigenvalue weighted by molar-refractivity contribution is 6.12. The molecular formula is C39H59NO. The average molecular weight is 558 g/mol. The zero-order valence-electron chi connectivity index (χ0n) is 27.4. The van der Waals surface area contributed by atoms with Crippen molar-refractivity contribution in [3.8, 4) is 0 Å². The highest BCUT2D eigenvalue weighted by atomic mass is 16.1. The van der Waals surface area contributed by atoms with Crippen molar-refractivity contribution in [2.45, 2.75) is 143 Å². The van der Waals surface area contributed by atoms with Crippen molar-refractivity contribution < 1.29 is 4.79 Å². The van der Waals surface area contributed by atoms with Crippen molar-refractivity contribution in [1.29, 1.82) is 0 Å². The third-order valence-electron chi connectivity index (χ3n) is 9.16. The van der Waals surface area contributed by atoms with E-state index >= 15 is 0 Å². The number of fused-ring (bicyclic) bond motifs is 3. The van der Waals surface area contributed by atoms with Crippen molar-refractivity contribution in [3.05, 3.63) is 59.2 Å². The summed E-state index contributed by atoms with van der Waals surface area (Å²) in [4.78, 5) is 16.5. The summed E-state index contributed by atoms with van der Waals surface area (Å²) in [5.74, 6) is 0.779. The fourth-order valence-corrected chi connectivity index (χ4v) is 6.33. The number of ketones is 1. The Kier molecular flexibility index (Phi) is 14.4. The van der Waals surface area contributed by atoms with Gasteiger partial charge < -0.3 is 0 Å². The Morgan fingerprint density at radius 1 is 0.634 bits per heavy atom. The van der Waals surface area contributed by atoms with E-state index in [2.05, 4.69) is 88.9 Å². The van der Waals surface area contributed by atoms with E-state index in [1.807, 2.05) is 0 Å². The summed E-state index contributed by atoms with van der Waals surface area (Å²) in [5.41, 5.74) is 3.42. The number of rotatable bonds is 20. The summed E-state index contributed by atoms with van der Waals surface area (Å²) in [7, 11) is 0. The van der Waals surface area contributed by atoms with Crippen LogP contribution in [-0.2, 0) is 0 Å².